The highest BCUT2D eigenvalue weighted by atomic mass is 19.4. The molecule has 0 heterocycles. The van der Waals surface area contributed by atoms with Crippen molar-refractivity contribution in [3.63, 3.8) is 0 Å². The van der Waals surface area contributed by atoms with Crippen molar-refractivity contribution in [2.24, 2.45) is 5.73 Å². The maximum absolute atomic E-state index is 12.7. The zero-order chi connectivity index (χ0) is 10.8. The van der Waals surface area contributed by atoms with Gasteiger partial charge in [0.25, 0.3) is 0 Å². The van der Waals surface area contributed by atoms with Crippen LogP contribution < -0.4 is 5.73 Å². The smallest absolute Gasteiger partial charge is 0.326 e. The summed E-state index contributed by atoms with van der Waals surface area (Å²) < 4.78 is 48.5. The molecule has 0 saturated carbocycles. The van der Waals surface area contributed by atoms with Crippen LogP contribution in [-0.4, -0.2) is 6.18 Å². The van der Waals surface area contributed by atoms with Crippen LogP contribution in [0.5, 0.6) is 0 Å². The molecular weight excluding hydrogens is 198 g/mol. The third kappa shape index (κ3) is 2.45. The van der Waals surface area contributed by atoms with Gasteiger partial charge in [0.05, 0.1) is 0 Å². The van der Waals surface area contributed by atoms with Crippen LogP contribution in [0.3, 0.4) is 0 Å². The maximum atomic E-state index is 12.7. The number of nitrogens with two attached hydrogens (primary N) is 1. The number of benzene rings is 1. The van der Waals surface area contributed by atoms with Gasteiger partial charge in [0, 0.05) is 6.54 Å². The third-order valence-electron chi connectivity index (χ3n) is 1.80. The summed E-state index contributed by atoms with van der Waals surface area (Å²) in [4.78, 5) is 0. The standard InChI is InChI=1S/C9H9F4N/c10-8(9(11,12)13)7-3-1-6(5-14)2-4-7/h1-4,8H,5,14H2. The average molecular weight is 207 g/mol. The molecule has 0 saturated heterocycles. The van der Waals surface area contributed by atoms with Crippen LogP contribution in [0.15, 0.2) is 24.3 Å². The summed E-state index contributed by atoms with van der Waals surface area (Å²) in [6, 6.07) is 4.96. The fourth-order valence-electron chi connectivity index (χ4n) is 1.01. The highest BCUT2D eigenvalue weighted by Gasteiger charge is 2.41. The predicted octanol–water partition coefficient (Wildman–Crippen LogP) is 2.72. The van der Waals surface area contributed by atoms with E-state index < -0.39 is 17.9 Å². The first-order chi connectivity index (χ1) is 6.45. The van der Waals surface area contributed by atoms with Crippen molar-refractivity contribution in [2.45, 2.75) is 18.9 Å². The van der Waals surface area contributed by atoms with Gasteiger partial charge < -0.3 is 5.73 Å². The van der Waals surface area contributed by atoms with E-state index in [1.165, 1.54) is 12.1 Å². The van der Waals surface area contributed by atoms with E-state index in [1.54, 1.807) is 0 Å². The van der Waals surface area contributed by atoms with E-state index in [-0.39, 0.29) is 6.54 Å². The van der Waals surface area contributed by atoms with E-state index in [4.69, 9.17) is 5.73 Å². The SMILES string of the molecule is NCc1ccc(C(F)C(F)(F)F)cc1. The molecule has 0 spiro atoms. The fraction of sp³-hybridized carbons (Fsp3) is 0.333. The Kier molecular flexibility index (Phi) is 3.10. The first-order valence-corrected chi connectivity index (χ1v) is 3.95. The van der Waals surface area contributed by atoms with E-state index in [0.717, 1.165) is 12.1 Å². The van der Waals surface area contributed by atoms with E-state index in [2.05, 4.69) is 0 Å². The largest absolute Gasteiger partial charge is 0.423 e. The minimum absolute atomic E-state index is 0.225. The van der Waals surface area contributed by atoms with Crippen molar-refractivity contribution in [1.29, 1.82) is 0 Å². The van der Waals surface area contributed by atoms with Gasteiger partial charge in [-0.3, -0.25) is 0 Å². The molecule has 0 amide bonds. The Morgan fingerprint density at radius 2 is 1.64 bits per heavy atom. The van der Waals surface area contributed by atoms with Gasteiger partial charge in [0.1, 0.15) is 0 Å². The summed E-state index contributed by atoms with van der Waals surface area (Å²) in [5.74, 6) is 0. The van der Waals surface area contributed by atoms with Crippen LogP contribution in [-0.2, 0) is 6.54 Å². The number of alkyl halides is 4. The zero-order valence-electron chi connectivity index (χ0n) is 7.18. The highest BCUT2D eigenvalue weighted by Crippen LogP contribution is 2.35. The lowest BCUT2D eigenvalue weighted by Gasteiger charge is -2.12. The van der Waals surface area contributed by atoms with Crippen molar-refractivity contribution < 1.29 is 17.6 Å². The van der Waals surface area contributed by atoms with Crippen molar-refractivity contribution in [3.8, 4) is 0 Å². The molecule has 0 aliphatic rings. The number of hydrogen-bond acceptors (Lipinski definition) is 1. The summed E-state index contributed by atoms with van der Waals surface area (Å²) in [7, 11) is 0. The average Bonchev–Trinajstić information content (AvgIpc) is 2.15. The van der Waals surface area contributed by atoms with E-state index in [1.807, 2.05) is 0 Å². The molecule has 5 heteroatoms. The van der Waals surface area contributed by atoms with Gasteiger partial charge in [-0.25, -0.2) is 4.39 Å². The van der Waals surface area contributed by atoms with Gasteiger partial charge in [0.15, 0.2) is 0 Å². The Bertz CT molecular complexity index is 291. The van der Waals surface area contributed by atoms with Gasteiger partial charge in [-0.05, 0) is 11.1 Å². The summed E-state index contributed by atoms with van der Waals surface area (Å²) in [5.41, 5.74) is 5.52. The molecule has 0 bridgehead atoms. The molecule has 0 aliphatic heterocycles. The lowest BCUT2D eigenvalue weighted by atomic mass is 10.1. The molecule has 0 aromatic heterocycles. The summed E-state index contributed by atoms with van der Waals surface area (Å²) in [6.45, 7) is 0.225. The Morgan fingerprint density at radius 3 is 2.00 bits per heavy atom. The van der Waals surface area contributed by atoms with Crippen molar-refractivity contribution in [1.82, 2.24) is 0 Å². The molecule has 78 valence electrons. The molecule has 1 nitrogen and oxygen atoms in total. The molecule has 2 N–H and O–H groups in total. The normalized spacial score (nSPS) is 14.1. The van der Waals surface area contributed by atoms with Gasteiger partial charge >= 0.3 is 6.18 Å². The Hall–Kier alpha value is -1.10. The lowest BCUT2D eigenvalue weighted by Crippen LogP contribution is -2.16. The van der Waals surface area contributed by atoms with Crippen LogP contribution in [0.25, 0.3) is 0 Å². The summed E-state index contributed by atoms with van der Waals surface area (Å²) in [5, 5.41) is 0. The fourth-order valence-corrected chi connectivity index (χ4v) is 1.01. The van der Waals surface area contributed by atoms with Crippen LogP contribution in [0, 0.1) is 0 Å². The van der Waals surface area contributed by atoms with Crippen LogP contribution in [0.2, 0.25) is 0 Å². The molecule has 14 heavy (non-hydrogen) atoms. The molecule has 0 aliphatic carbocycles. The van der Waals surface area contributed by atoms with Crippen molar-refractivity contribution in [3.05, 3.63) is 35.4 Å². The molecule has 1 aromatic rings. The Morgan fingerprint density at radius 1 is 1.14 bits per heavy atom. The van der Waals surface area contributed by atoms with Crippen LogP contribution in [0.1, 0.15) is 17.3 Å². The molecule has 1 unspecified atom stereocenters. The van der Waals surface area contributed by atoms with Crippen molar-refractivity contribution in [2.75, 3.05) is 0 Å². The first kappa shape index (κ1) is 11.0. The second-order valence-electron chi connectivity index (χ2n) is 2.85. The van der Waals surface area contributed by atoms with Crippen molar-refractivity contribution >= 4 is 0 Å². The highest BCUT2D eigenvalue weighted by molar-refractivity contribution is 5.24. The third-order valence-corrected chi connectivity index (χ3v) is 1.80. The number of rotatable bonds is 2. The second kappa shape index (κ2) is 3.96. The first-order valence-electron chi connectivity index (χ1n) is 3.95. The van der Waals surface area contributed by atoms with Gasteiger partial charge in [-0.15, -0.1) is 0 Å². The Labute approximate surface area is 78.5 Å². The molecular formula is C9H9F4N. The second-order valence-corrected chi connectivity index (χ2v) is 2.85. The van der Waals surface area contributed by atoms with Gasteiger partial charge in [-0.2, -0.15) is 13.2 Å². The monoisotopic (exact) mass is 207 g/mol. The predicted molar refractivity (Wildman–Crippen MR) is 44.2 cm³/mol. The Balaban J connectivity index is 2.87. The minimum atomic E-state index is -4.84. The maximum Gasteiger partial charge on any atom is 0.423 e. The van der Waals surface area contributed by atoms with Gasteiger partial charge in [0.2, 0.25) is 6.17 Å². The topological polar surface area (TPSA) is 26.0 Å². The molecule has 0 fully saturated rings. The minimum Gasteiger partial charge on any atom is -0.326 e. The van der Waals surface area contributed by atoms with Crippen LogP contribution >= 0.6 is 0 Å². The van der Waals surface area contributed by atoms with E-state index >= 15 is 0 Å². The molecule has 0 radical (unpaired) electrons. The zero-order valence-corrected chi connectivity index (χ0v) is 7.18. The lowest BCUT2D eigenvalue weighted by molar-refractivity contribution is -0.182. The van der Waals surface area contributed by atoms with E-state index in [9.17, 15) is 17.6 Å². The van der Waals surface area contributed by atoms with Crippen LogP contribution in [0.4, 0.5) is 17.6 Å². The number of halogens is 4. The quantitative estimate of drug-likeness (QED) is 0.741. The number of hydrogen-bond donors (Lipinski definition) is 1. The summed E-state index contributed by atoms with van der Waals surface area (Å²) in [6.07, 6.45) is -7.76. The molecule has 1 aromatic carbocycles. The molecule has 1 rings (SSSR count). The molecule has 1 atom stereocenters. The summed E-state index contributed by atoms with van der Waals surface area (Å²) >= 11 is 0. The van der Waals surface area contributed by atoms with E-state index in [0.29, 0.717) is 5.56 Å². The van der Waals surface area contributed by atoms with Gasteiger partial charge in [-0.1, -0.05) is 24.3 Å².